The summed E-state index contributed by atoms with van der Waals surface area (Å²) in [6.07, 6.45) is -1.29. The molecule has 2 aromatic heterocycles. The molecule has 5 heterocycles. The Morgan fingerprint density at radius 3 is 1.52 bits per heavy atom. The Labute approximate surface area is 401 Å². The monoisotopic (exact) mass is 983 g/mol. The fraction of sp³-hybridized carbons (Fsp3) is 0.783. The minimum absolute atomic E-state index is 0.0673. The van der Waals surface area contributed by atoms with Gasteiger partial charge in [0, 0.05) is 36.2 Å². The number of nitrogens with zero attached hydrogens (tertiary/aromatic N) is 6. The highest BCUT2D eigenvalue weighted by Gasteiger charge is 2.46. The van der Waals surface area contributed by atoms with E-state index in [1.54, 1.807) is 12.4 Å². The molecule has 2 unspecified atom stereocenters. The molecule has 390 valence electrons. The van der Waals surface area contributed by atoms with Crippen LogP contribution in [0.5, 0.6) is 5.75 Å². The first-order valence-corrected chi connectivity index (χ1v) is 24.3. The van der Waals surface area contributed by atoms with E-state index in [9.17, 15) is 51.1 Å². The average molecular weight is 983 g/mol. The molecular weight excluding hydrogens is 909 g/mol. The van der Waals surface area contributed by atoms with Gasteiger partial charge in [0.2, 0.25) is 0 Å². The van der Waals surface area contributed by atoms with Crippen LogP contribution in [0, 0.1) is 5.41 Å². The standard InChI is InChI=1S/C46H74N6O17/c1-2-3-4-5-6-7-8-9-10-11-16-63-34-14-12-29(13-15-34)43-66-27-46(28-67-43,17-30-19-51(49-47-30)21-32(55)25-64-44-41(61)39(59)37(57)35(23-53)68-44)18-31-20-52(50-48-31)22-33(56)26-65-45-42(62)40(60)38(58)36(24-54)69-45/h12-15,19-20,32-33,35-45,53-62H,2-11,16-18,21-28H2,1H3/t32?,33?,35-,36-,37-,38-,39+,40+,41-,42-,43?,44-,45-,46?/m1/s1. The summed E-state index contributed by atoms with van der Waals surface area (Å²) in [6, 6.07) is 7.65. The second-order valence-corrected chi connectivity index (χ2v) is 18.6. The molecule has 3 aromatic rings. The van der Waals surface area contributed by atoms with Crippen molar-refractivity contribution in [1.29, 1.82) is 0 Å². The van der Waals surface area contributed by atoms with Gasteiger partial charge < -0.3 is 84.2 Å². The Bertz CT molecular complexity index is 1790. The highest BCUT2D eigenvalue weighted by Crippen LogP contribution is 2.37. The van der Waals surface area contributed by atoms with Crippen molar-refractivity contribution in [3.63, 3.8) is 0 Å². The Kier molecular flexibility index (Phi) is 21.9. The number of aromatic nitrogens is 6. The zero-order chi connectivity index (χ0) is 49.3. The summed E-state index contributed by atoms with van der Waals surface area (Å²) in [5.41, 5.74) is 1.15. The topological polar surface area (TPSA) is 328 Å². The van der Waals surface area contributed by atoms with Crippen molar-refractivity contribution in [2.75, 3.05) is 46.2 Å². The third-order valence-corrected chi connectivity index (χ3v) is 12.7. The smallest absolute Gasteiger partial charge is 0.186 e. The summed E-state index contributed by atoms with van der Waals surface area (Å²) in [4.78, 5) is 0. The summed E-state index contributed by atoms with van der Waals surface area (Å²) in [5, 5.41) is 118. The SMILES string of the molecule is CCCCCCCCCCCCOc1ccc(C2OCC(Cc3cn(CC(O)CO[C@@H]4O[C@H](CO)[C@@H](O)[C@H](O)[C@H]4O)nn3)(Cc3cn(CC(O)CO[C@@H]4O[C@H](CO)[C@@H](O)[C@H](O)[C@H]4O)nn3)CO2)cc1. The number of hydrogen-bond acceptors (Lipinski definition) is 21. The lowest BCUT2D eigenvalue weighted by Gasteiger charge is -2.39. The fourth-order valence-electron chi connectivity index (χ4n) is 8.70. The Morgan fingerprint density at radius 2 is 1.07 bits per heavy atom. The van der Waals surface area contributed by atoms with Crippen molar-refractivity contribution in [3.8, 4) is 5.75 Å². The minimum atomic E-state index is -1.63. The Morgan fingerprint density at radius 1 is 0.623 bits per heavy atom. The van der Waals surface area contributed by atoms with Gasteiger partial charge in [0.25, 0.3) is 0 Å². The molecule has 12 atom stereocenters. The lowest BCUT2D eigenvalue weighted by atomic mass is 9.80. The lowest BCUT2D eigenvalue weighted by Crippen LogP contribution is -2.59. The van der Waals surface area contributed by atoms with Crippen LogP contribution in [-0.2, 0) is 54.4 Å². The van der Waals surface area contributed by atoms with Crippen LogP contribution in [-0.4, -0.2) is 201 Å². The van der Waals surface area contributed by atoms with Crippen LogP contribution in [0.25, 0.3) is 0 Å². The first-order chi connectivity index (χ1) is 33.3. The molecule has 23 nitrogen and oxygen atoms in total. The van der Waals surface area contributed by atoms with E-state index in [4.69, 9.17) is 33.2 Å². The molecule has 3 fully saturated rings. The zero-order valence-corrected chi connectivity index (χ0v) is 39.3. The molecule has 0 amide bonds. The van der Waals surface area contributed by atoms with E-state index >= 15 is 0 Å². The molecule has 0 spiro atoms. The molecule has 23 heteroatoms. The van der Waals surface area contributed by atoms with Crippen LogP contribution in [0.3, 0.4) is 0 Å². The van der Waals surface area contributed by atoms with Crippen LogP contribution in [0.15, 0.2) is 36.7 Å². The Hall–Kier alpha value is -3.34. The summed E-state index contributed by atoms with van der Waals surface area (Å²) in [5.74, 6) is 0.766. The van der Waals surface area contributed by atoms with E-state index in [0.717, 1.165) is 24.2 Å². The number of hydrogen-bond donors (Lipinski definition) is 10. The first kappa shape index (κ1) is 55.0. The molecule has 3 aliphatic heterocycles. The van der Waals surface area contributed by atoms with Gasteiger partial charge in [0.15, 0.2) is 18.9 Å². The second kappa shape index (κ2) is 27.5. The van der Waals surface area contributed by atoms with Gasteiger partial charge in [-0.1, -0.05) is 87.3 Å². The summed E-state index contributed by atoms with van der Waals surface area (Å²) >= 11 is 0. The minimum Gasteiger partial charge on any atom is -0.494 e. The predicted molar refractivity (Wildman–Crippen MR) is 240 cm³/mol. The number of aliphatic hydroxyl groups is 10. The Balaban J connectivity index is 1.03. The van der Waals surface area contributed by atoms with Crippen LogP contribution < -0.4 is 4.74 Å². The van der Waals surface area contributed by atoms with Crippen LogP contribution in [0.2, 0.25) is 0 Å². The second-order valence-electron chi connectivity index (χ2n) is 18.6. The lowest BCUT2D eigenvalue weighted by molar-refractivity contribution is -0.304. The first-order valence-electron chi connectivity index (χ1n) is 24.3. The normalized spacial score (nSPS) is 30.6. The van der Waals surface area contributed by atoms with E-state index in [1.807, 2.05) is 24.3 Å². The molecule has 10 N–H and O–H groups in total. The largest absolute Gasteiger partial charge is 0.494 e. The molecule has 0 bridgehead atoms. The molecular formula is C46H74N6O17. The van der Waals surface area contributed by atoms with Gasteiger partial charge in [-0.05, 0) is 18.6 Å². The van der Waals surface area contributed by atoms with Gasteiger partial charge in [0.1, 0.15) is 54.6 Å². The van der Waals surface area contributed by atoms with Gasteiger partial charge in [-0.15, -0.1) is 10.2 Å². The molecule has 0 saturated carbocycles. The van der Waals surface area contributed by atoms with Gasteiger partial charge in [-0.3, -0.25) is 0 Å². The molecule has 0 aliphatic carbocycles. The summed E-state index contributed by atoms with van der Waals surface area (Å²) < 4.78 is 43.3. The van der Waals surface area contributed by atoms with Gasteiger partial charge in [-0.2, -0.15) is 0 Å². The summed E-state index contributed by atoms with van der Waals surface area (Å²) in [6.45, 7) is 1.23. The van der Waals surface area contributed by atoms with E-state index in [2.05, 4.69) is 27.5 Å². The predicted octanol–water partition coefficient (Wildman–Crippen LogP) is -0.959. The maximum Gasteiger partial charge on any atom is 0.186 e. The average Bonchev–Trinajstić information content (AvgIpc) is 3.99. The fourth-order valence-corrected chi connectivity index (χ4v) is 8.70. The molecule has 3 aliphatic rings. The number of ether oxygens (including phenoxy) is 7. The van der Waals surface area contributed by atoms with Crippen molar-refractivity contribution < 1.29 is 84.2 Å². The van der Waals surface area contributed by atoms with Crippen molar-refractivity contribution in [2.45, 2.75) is 177 Å². The molecule has 3 saturated heterocycles. The third kappa shape index (κ3) is 16.1. The maximum atomic E-state index is 10.8. The highest BCUT2D eigenvalue weighted by molar-refractivity contribution is 5.28. The maximum absolute atomic E-state index is 10.8. The zero-order valence-electron chi connectivity index (χ0n) is 39.3. The van der Waals surface area contributed by atoms with Crippen molar-refractivity contribution in [1.82, 2.24) is 30.0 Å². The van der Waals surface area contributed by atoms with Crippen LogP contribution >= 0.6 is 0 Å². The summed E-state index contributed by atoms with van der Waals surface area (Å²) in [7, 11) is 0. The van der Waals surface area contributed by atoms with Gasteiger partial charge in [0.05, 0.1) is 82.9 Å². The van der Waals surface area contributed by atoms with E-state index in [0.29, 0.717) is 30.8 Å². The van der Waals surface area contributed by atoms with Crippen molar-refractivity contribution in [3.05, 3.63) is 53.6 Å². The molecule has 0 radical (unpaired) electrons. The van der Waals surface area contributed by atoms with Crippen molar-refractivity contribution >= 4 is 0 Å². The molecule has 1 aromatic carbocycles. The van der Waals surface area contributed by atoms with Crippen LogP contribution in [0.4, 0.5) is 0 Å². The molecule has 69 heavy (non-hydrogen) atoms. The number of aliphatic hydroxyl groups excluding tert-OH is 10. The quantitative estimate of drug-likeness (QED) is 0.0375. The van der Waals surface area contributed by atoms with E-state index < -0.39 is 98.5 Å². The van der Waals surface area contributed by atoms with Crippen LogP contribution in [0.1, 0.15) is 94.4 Å². The van der Waals surface area contributed by atoms with E-state index in [-0.39, 0.29) is 39.5 Å². The third-order valence-electron chi connectivity index (χ3n) is 12.7. The molecule has 6 rings (SSSR count). The number of rotatable bonds is 29. The van der Waals surface area contributed by atoms with E-state index in [1.165, 1.54) is 60.7 Å². The van der Waals surface area contributed by atoms with Crippen molar-refractivity contribution in [2.24, 2.45) is 5.41 Å². The van der Waals surface area contributed by atoms with Gasteiger partial charge in [-0.25, -0.2) is 9.36 Å². The number of unbranched alkanes of at least 4 members (excludes halogenated alkanes) is 9. The highest BCUT2D eigenvalue weighted by atomic mass is 16.7. The van der Waals surface area contributed by atoms with Gasteiger partial charge >= 0.3 is 0 Å². The number of benzene rings is 1.